The SMILES string of the molecule is Cc1cc(C(=O)NC2CCCCC2)ccc1NCC(=O)Nc1cc(C(C)(C)C)no1. The van der Waals surface area contributed by atoms with E-state index in [1.54, 1.807) is 12.1 Å². The second-order valence-electron chi connectivity index (χ2n) is 9.07. The van der Waals surface area contributed by atoms with Crippen LogP contribution in [0.15, 0.2) is 28.8 Å². The molecule has 0 aliphatic heterocycles. The highest BCUT2D eigenvalue weighted by Gasteiger charge is 2.20. The first-order chi connectivity index (χ1) is 14.2. The molecular weight excluding hydrogens is 380 g/mol. The van der Waals surface area contributed by atoms with Crippen LogP contribution in [0, 0.1) is 6.92 Å². The zero-order valence-electron chi connectivity index (χ0n) is 18.3. The van der Waals surface area contributed by atoms with E-state index in [9.17, 15) is 9.59 Å². The molecule has 0 unspecified atom stereocenters. The molecule has 2 amide bonds. The first-order valence-electron chi connectivity index (χ1n) is 10.6. The van der Waals surface area contributed by atoms with Crippen molar-refractivity contribution >= 4 is 23.4 Å². The Morgan fingerprint density at radius 1 is 1.13 bits per heavy atom. The molecule has 162 valence electrons. The first-order valence-corrected chi connectivity index (χ1v) is 10.6. The molecule has 1 aliphatic rings. The summed E-state index contributed by atoms with van der Waals surface area (Å²) in [5.74, 6) is 0.0672. The molecule has 0 bridgehead atoms. The summed E-state index contributed by atoms with van der Waals surface area (Å²) in [6, 6.07) is 7.50. The van der Waals surface area contributed by atoms with Gasteiger partial charge in [-0.2, -0.15) is 0 Å². The number of aromatic nitrogens is 1. The van der Waals surface area contributed by atoms with E-state index in [-0.39, 0.29) is 29.8 Å². The van der Waals surface area contributed by atoms with Crippen LogP contribution in [0.2, 0.25) is 0 Å². The van der Waals surface area contributed by atoms with Gasteiger partial charge in [-0.1, -0.05) is 45.2 Å². The first kappa shape index (κ1) is 21.9. The zero-order valence-corrected chi connectivity index (χ0v) is 18.3. The number of hydrogen-bond acceptors (Lipinski definition) is 5. The third kappa shape index (κ3) is 5.84. The van der Waals surface area contributed by atoms with Crippen LogP contribution in [0.5, 0.6) is 0 Å². The number of amides is 2. The fraction of sp³-hybridized carbons (Fsp3) is 0.522. The van der Waals surface area contributed by atoms with Gasteiger partial charge in [0.05, 0.1) is 12.2 Å². The van der Waals surface area contributed by atoms with Gasteiger partial charge in [-0.3, -0.25) is 14.9 Å². The average Bonchev–Trinajstić information content (AvgIpc) is 3.16. The maximum atomic E-state index is 12.5. The summed E-state index contributed by atoms with van der Waals surface area (Å²) in [4.78, 5) is 24.7. The predicted molar refractivity (Wildman–Crippen MR) is 118 cm³/mol. The summed E-state index contributed by atoms with van der Waals surface area (Å²) >= 11 is 0. The number of anilines is 2. The minimum absolute atomic E-state index is 0.0331. The van der Waals surface area contributed by atoms with Crippen LogP contribution in [-0.2, 0) is 10.2 Å². The quantitative estimate of drug-likeness (QED) is 0.654. The largest absolute Gasteiger partial charge is 0.376 e. The molecule has 1 fully saturated rings. The maximum absolute atomic E-state index is 12.5. The molecule has 2 aromatic rings. The van der Waals surface area contributed by atoms with Crippen molar-refractivity contribution in [1.82, 2.24) is 10.5 Å². The third-order valence-corrected chi connectivity index (χ3v) is 5.41. The molecular formula is C23H32N4O3. The molecule has 1 aliphatic carbocycles. The summed E-state index contributed by atoms with van der Waals surface area (Å²) in [6.45, 7) is 8.09. The maximum Gasteiger partial charge on any atom is 0.251 e. The highest BCUT2D eigenvalue weighted by atomic mass is 16.5. The number of hydrogen-bond donors (Lipinski definition) is 3. The Bertz CT molecular complexity index is 892. The van der Waals surface area contributed by atoms with Crippen molar-refractivity contribution in [2.75, 3.05) is 17.2 Å². The van der Waals surface area contributed by atoms with Crippen LogP contribution < -0.4 is 16.0 Å². The molecule has 3 rings (SSSR count). The molecule has 30 heavy (non-hydrogen) atoms. The number of nitrogens with zero attached hydrogens (tertiary/aromatic N) is 1. The summed E-state index contributed by atoms with van der Waals surface area (Å²) in [6.07, 6.45) is 5.73. The highest BCUT2D eigenvalue weighted by Crippen LogP contribution is 2.24. The van der Waals surface area contributed by atoms with E-state index in [1.165, 1.54) is 19.3 Å². The Hall–Kier alpha value is -2.83. The minimum Gasteiger partial charge on any atom is -0.376 e. The zero-order chi connectivity index (χ0) is 21.7. The Balaban J connectivity index is 1.52. The van der Waals surface area contributed by atoms with Gasteiger partial charge in [0.25, 0.3) is 5.91 Å². The number of carbonyl (C=O) groups is 2. The van der Waals surface area contributed by atoms with Crippen LogP contribution in [0.3, 0.4) is 0 Å². The summed E-state index contributed by atoms with van der Waals surface area (Å²) < 4.78 is 5.19. The Morgan fingerprint density at radius 3 is 2.50 bits per heavy atom. The smallest absolute Gasteiger partial charge is 0.251 e. The molecule has 1 aromatic heterocycles. The van der Waals surface area contributed by atoms with Crippen LogP contribution in [-0.4, -0.2) is 29.6 Å². The lowest BCUT2D eigenvalue weighted by Crippen LogP contribution is -2.36. The lowest BCUT2D eigenvalue weighted by molar-refractivity contribution is -0.114. The number of benzene rings is 1. The van der Waals surface area contributed by atoms with Crippen molar-refractivity contribution in [1.29, 1.82) is 0 Å². The van der Waals surface area contributed by atoms with Crippen molar-refractivity contribution in [3.05, 3.63) is 41.1 Å². The Kier molecular flexibility index (Phi) is 6.80. The van der Waals surface area contributed by atoms with Gasteiger partial charge in [-0.05, 0) is 43.5 Å². The molecule has 7 nitrogen and oxygen atoms in total. The molecule has 0 spiro atoms. The van der Waals surface area contributed by atoms with Crippen molar-refractivity contribution in [2.45, 2.75) is 71.3 Å². The van der Waals surface area contributed by atoms with E-state index in [2.05, 4.69) is 21.1 Å². The van der Waals surface area contributed by atoms with Crippen molar-refractivity contribution in [3.63, 3.8) is 0 Å². The summed E-state index contributed by atoms with van der Waals surface area (Å²) in [5, 5.41) is 12.9. The molecule has 0 radical (unpaired) electrons. The van der Waals surface area contributed by atoms with E-state index in [1.807, 2.05) is 39.8 Å². The molecule has 7 heteroatoms. The number of carbonyl (C=O) groups excluding carboxylic acids is 2. The molecule has 3 N–H and O–H groups in total. The van der Waals surface area contributed by atoms with Crippen LogP contribution in [0.4, 0.5) is 11.6 Å². The second kappa shape index (κ2) is 9.32. The lowest BCUT2D eigenvalue weighted by atomic mass is 9.92. The second-order valence-corrected chi connectivity index (χ2v) is 9.07. The van der Waals surface area contributed by atoms with Gasteiger partial charge in [-0.15, -0.1) is 0 Å². The molecule has 0 saturated heterocycles. The third-order valence-electron chi connectivity index (χ3n) is 5.41. The van der Waals surface area contributed by atoms with Gasteiger partial charge in [0.2, 0.25) is 11.8 Å². The van der Waals surface area contributed by atoms with Crippen LogP contribution in [0.1, 0.15) is 74.5 Å². The van der Waals surface area contributed by atoms with Gasteiger partial charge in [0, 0.05) is 28.8 Å². The fourth-order valence-corrected chi connectivity index (χ4v) is 3.56. The number of rotatable bonds is 6. The summed E-state index contributed by atoms with van der Waals surface area (Å²) in [7, 11) is 0. The van der Waals surface area contributed by atoms with E-state index >= 15 is 0 Å². The standard InChI is InChI=1S/C23H32N4O3/c1-15-12-16(22(29)25-17-8-6-5-7-9-17)10-11-18(15)24-14-20(28)26-21-13-19(27-30-21)23(2,3)4/h10-13,17,24H,5-9,14H2,1-4H3,(H,25,29)(H,26,28). The molecule has 1 heterocycles. The van der Waals surface area contributed by atoms with Gasteiger partial charge in [0.15, 0.2) is 0 Å². The fourth-order valence-electron chi connectivity index (χ4n) is 3.56. The van der Waals surface area contributed by atoms with Gasteiger partial charge in [-0.25, -0.2) is 0 Å². The number of aryl methyl sites for hydroxylation is 1. The molecule has 1 saturated carbocycles. The van der Waals surface area contributed by atoms with Gasteiger partial charge < -0.3 is 15.2 Å². The van der Waals surface area contributed by atoms with Crippen LogP contribution >= 0.6 is 0 Å². The van der Waals surface area contributed by atoms with Crippen molar-refractivity contribution < 1.29 is 14.1 Å². The normalized spacial score (nSPS) is 14.9. The Morgan fingerprint density at radius 2 is 1.87 bits per heavy atom. The molecule has 1 aromatic carbocycles. The summed E-state index contributed by atoms with van der Waals surface area (Å²) in [5.41, 5.74) is 3.00. The topological polar surface area (TPSA) is 96.3 Å². The van der Waals surface area contributed by atoms with Crippen molar-refractivity contribution in [3.8, 4) is 0 Å². The van der Waals surface area contributed by atoms with E-state index in [4.69, 9.17) is 4.52 Å². The number of nitrogens with one attached hydrogen (secondary N) is 3. The molecule has 0 atom stereocenters. The van der Waals surface area contributed by atoms with Gasteiger partial charge in [0.1, 0.15) is 0 Å². The monoisotopic (exact) mass is 412 g/mol. The van der Waals surface area contributed by atoms with E-state index < -0.39 is 0 Å². The highest BCUT2D eigenvalue weighted by molar-refractivity contribution is 5.95. The van der Waals surface area contributed by atoms with E-state index in [0.29, 0.717) is 11.4 Å². The predicted octanol–water partition coefficient (Wildman–Crippen LogP) is 4.39. The average molecular weight is 413 g/mol. The van der Waals surface area contributed by atoms with E-state index in [0.717, 1.165) is 29.8 Å². The van der Waals surface area contributed by atoms with Crippen molar-refractivity contribution in [2.24, 2.45) is 0 Å². The minimum atomic E-state index is -0.231. The van der Waals surface area contributed by atoms with Gasteiger partial charge >= 0.3 is 0 Å². The lowest BCUT2D eigenvalue weighted by Gasteiger charge is -2.23. The Labute approximate surface area is 178 Å². The van der Waals surface area contributed by atoms with Crippen LogP contribution in [0.25, 0.3) is 0 Å².